The summed E-state index contributed by atoms with van der Waals surface area (Å²) in [4.78, 5) is 18.4. The molecule has 0 aliphatic heterocycles. The normalized spacial score (nSPS) is 9.69. The predicted octanol–water partition coefficient (Wildman–Crippen LogP) is 0.687. The van der Waals surface area contributed by atoms with Crippen molar-refractivity contribution in [3.63, 3.8) is 0 Å². The van der Waals surface area contributed by atoms with Crippen molar-refractivity contribution in [3.05, 3.63) is 11.5 Å². The van der Waals surface area contributed by atoms with Crippen molar-refractivity contribution in [1.29, 1.82) is 0 Å². The van der Waals surface area contributed by atoms with Gasteiger partial charge in [0.15, 0.2) is 11.6 Å². The lowest BCUT2D eigenvalue weighted by atomic mass is 10.5. The third-order valence-corrected chi connectivity index (χ3v) is 1.92. The van der Waals surface area contributed by atoms with Crippen LogP contribution in [0.5, 0.6) is 5.75 Å². The molecule has 2 N–H and O–H groups in total. The first-order valence-corrected chi connectivity index (χ1v) is 5.06. The molecule has 7 heteroatoms. The number of nitrogens with zero attached hydrogens (tertiary/aromatic N) is 2. The van der Waals surface area contributed by atoms with Crippen LogP contribution < -0.4 is 15.4 Å². The average Bonchev–Trinajstić information content (AvgIpc) is 2.24. The second-order valence-corrected chi connectivity index (χ2v) is 3.30. The molecular formula is C9H13ClN4O2. The molecule has 1 aromatic heterocycles. The number of ether oxygens (including phenoxy) is 1. The highest BCUT2D eigenvalue weighted by atomic mass is 35.5. The fourth-order valence-electron chi connectivity index (χ4n) is 1.04. The Labute approximate surface area is 98.4 Å². The summed E-state index contributed by atoms with van der Waals surface area (Å²) >= 11 is 5.65. The monoisotopic (exact) mass is 244 g/mol. The predicted molar refractivity (Wildman–Crippen MR) is 60.8 cm³/mol. The van der Waals surface area contributed by atoms with E-state index in [1.54, 1.807) is 0 Å². The maximum atomic E-state index is 10.6. The Hall–Kier alpha value is -1.56. The molecule has 0 aliphatic rings. The molecule has 1 amide bonds. The molecule has 0 aliphatic carbocycles. The summed E-state index contributed by atoms with van der Waals surface area (Å²) in [6.07, 6.45) is 1.48. The standard InChI is InChI=1S/C9H13ClN4O2/c1-6(15)11-3-4-12-8-7(16-2)5-13-9(10)14-8/h5H,3-4H2,1-2H3,(H,11,15)(H,12,13,14). The lowest BCUT2D eigenvalue weighted by Crippen LogP contribution is -2.26. The second-order valence-electron chi connectivity index (χ2n) is 2.97. The van der Waals surface area contributed by atoms with Crippen molar-refractivity contribution < 1.29 is 9.53 Å². The van der Waals surface area contributed by atoms with Gasteiger partial charge in [0.1, 0.15) is 0 Å². The van der Waals surface area contributed by atoms with Crippen molar-refractivity contribution in [3.8, 4) is 5.75 Å². The summed E-state index contributed by atoms with van der Waals surface area (Å²) in [5.74, 6) is 0.939. The summed E-state index contributed by atoms with van der Waals surface area (Å²) in [5.41, 5.74) is 0. The van der Waals surface area contributed by atoms with Crippen molar-refractivity contribution in [1.82, 2.24) is 15.3 Å². The number of hydrogen-bond acceptors (Lipinski definition) is 5. The van der Waals surface area contributed by atoms with Crippen molar-refractivity contribution in [2.45, 2.75) is 6.92 Å². The number of amides is 1. The minimum absolute atomic E-state index is 0.0746. The van der Waals surface area contributed by atoms with Crippen molar-refractivity contribution in [2.75, 3.05) is 25.5 Å². The molecule has 1 aromatic rings. The first kappa shape index (κ1) is 12.5. The van der Waals surface area contributed by atoms with Crippen LogP contribution in [0.2, 0.25) is 5.28 Å². The number of nitrogens with one attached hydrogen (secondary N) is 2. The maximum Gasteiger partial charge on any atom is 0.224 e. The summed E-state index contributed by atoms with van der Waals surface area (Å²) in [6.45, 7) is 2.49. The van der Waals surface area contributed by atoms with E-state index in [0.29, 0.717) is 24.7 Å². The largest absolute Gasteiger partial charge is 0.491 e. The average molecular weight is 245 g/mol. The van der Waals surface area contributed by atoms with E-state index in [1.807, 2.05) is 0 Å². The number of aromatic nitrogens is 2. The Morgan fingerprint density at radius 1 is 1.56 bits per heavy atom. The SMILES string of the molecule is COc1cnc(Cl)nc1NCCNC(C)=O. The van der Waals surface area contributed by atoms with Gasteiger partial charge in [0.25, 0.3) is 0 Å². The van der Waals surface area contributed by atoms with Crippen LogP contribution in [0.4, 0.5) is 5.82 Å². The molecule has 0 atom stereocenters. The van der Waals surface area contributed by atoms with Crippen LogP contribution in [0.15, 0.2) is 6.20 Å². The van der Waals surface area contributed by atoms with Gasteiger partial charge in [-0.25, -0.2) is 4.98 Å². The molecular weight excluding hydrogens is 232 g/mol. The molecule has 0 unspecified atom stereocenters. The van der Waals surface area contributed by atoms with Gasteiger partial charge in [-0.15, -0.1) is 0 Å². The zero-order valence-electron chi connectivity index (χ0n) is 9.08. The molecule has 1 heterocycles. The Balaban J connectivity index is 2.51. The lowest BCUT2D eigenvalue weighted by Gasteiger charge is -2.09. The maximum absolute atomic E-state index is 10.6. The molecule has 0 fully saturated rings. The number of carbonyl (C=O) groups excluding carboxylic acids is 1. The van der Waals surface area contributed by atoms with Gasteiger partial charge in [-0.1, -0.05) is 0 Å². The number of methoxy groups -OCH3 is 1. The Kier molecular flexibility index (Phi) is 4.78. The van der Waals surface area contributed by atoms with Crippen LogP contribution in [0, 0.1) is 0 Å². The zero-order chi connectivity index (χ0) is 12.0. The molecule has 0 aromatic carbocycles. The molecule has 88 valence electrons. The molecule has 0 bridgehead atoms. The molecule has 6 nitrogen and oxygen atoms in total. The number of hydrogen-bond donors (Lipinski definition) is 2. The molecule has 0 saturated carbocycles. The van der Waals surface area contributed by atoms with Gasteiger partial charge in [0.05, 0.1) is 13.3 Å². The fourth-order valence-corrected chi connectivity index (χ4v) is 1.18. The molecule has 0 spiro atoms. The zero-order valence-corrected chi connectivity index (χ0v) is 9.84. The van der Waals surface area contributed by atoms with Crippen molar-refractivity contribution >= 4 is 23.3 Å². The number of anilines is 1. The van der Waals surface area contributed by atoms with Gasteiger partial charge in [0.2, 0.25) is 11.2 Å². The fraction of sp³-hybridized carbons (Fsp3) is 0.444. The van der Waals surface area contributed by atoms with Gasteiger partial charge in [-0.2, -0.15) is 4.98 Å². The summed E-state index contributed by atoms with van der Waals surface area (Å²) < 4.78 is 5.04. The van der Waals surface area contributed by atoms with Crippen LogP contribution >= 0.6 is 11.6 Å². The number of rotatable bonds is 5. The van der Waals surface area contributed by atoms with Gasteiger partial charge in [0, 0.05) is 20.0 Å². The molecule has 0 radical (unpaired) electrons. The minimum atomic E-state index is -0.0746. The summed E-state index contributed by atoms with van der Waals surface area (Å²) in [5, 5.41) is 5.78. The Morgan fingerprint density at radius 2 is 2.31 bits per heavy atom. The summed E-state index contributed by atoms with van der Waals surface area (Å²) in [6, 6.07) is 0. The van der Waals surface area contributed by atoms with E-state index in [9.17, 15) is 4.79 Å². The molecule has 16 heavy (non-hydrogen) atoms. The Bertz CT molecular complexity index is 373. The van der Waals surface area contributed by atoms with E-state index in [1.165, 1.54) is 20.2 Å². The van der Waals surface area contributed by atoms with Crippen LogP contribution in [0.1, 0.15) is 6.92 Å². The number of carbonyl (C=O) groups is 1. The second kappa shape index (κ2) is 6.12. The number of halogens is 1. The van der Waals surface area contributed by atoms with Crippen LogP contribution in [-0.2, 0) is 4.79 Å². The smallest absolute Gasteiger partial charge is 0.224 e. The van der Waals surface area contributed by atoms with E-state index in [0.717, 1.165) is 0 Å². The highest BCUT2D eigenvalue weighted by Gasteiger charge is 2.05. The Morgan fingerprint density at radius 3 is 2.94 bits per heavy atom. The van der Waals surface area contributed by atoms with Gasteiger partial charge in [-0.3, -0.25) is 4.79 Å². The van der Waals surface area contributed by atoms with Gasteiger partial charge >= 0.3 is 0 Å². The van der Waals surface area contributed by atoms with E-state index in [4.69, 9.17) is 16.3 Å². The minimum Gasteiger partial charge on any atom is -0.491 e. The molecule has 1 rings (SSSR count). The lowest BCUT2D eigenvalue weighted by molar-refractivity contribution is -0.118. The third-order valence-electron chi connectivity index (χ3n) is 1.74. The van der Waals surface area contributed by atoms with Crippen molar-refractivity contribution in [2.24, 2.45) is 0 Å². The quantitative estimate of drug-likeness (QED) is 0.589. The third kappa shape index (κ3) is 3.90. The summed E-state index contributed by atoms with van der Waals surface area (Å²) in [7, 11) is 1.52. The van der Waals surface area contributed by atoms with E-state index in [2.05, 4.69) is 20.6 Å². The first-order valence-electron chi connectivity index (χ1n) is 4.68. The highest BCUT2D eigenvalue weighted by Crippen LogP contribution is 2.21. The highest BCUT2D eigenvalue weighted by molar-refractivity contribution is 6.28. The van der Waals surface area contributed by atoms with Gasteiger partial charge < -0.3 is 15.4 Å². The first-order chi connectivity index (χ1) is 7.63. The van der Waals surface area contributed by atoms with E-state index >= 15 is 0 Å². The van der Waals surface area contributed by atoms with E-state index in [-0.39, 0.29) is 11.2 Å². The van der Waals surface area contributed by atoms with Crippen LogP contribution in [-0.4, -0.2) is 36.1 Å². The van der Waals surface area contributed by atoms with Gasteiger partial charge in [-0.05, 0) is 11.6 Å². The van der Waals surface area contributed by atoms with Crippen LogP contribution in [0.25, 0.3) is 0 Å². The molecule has 0 saturated heterocycles. The van der Waals surface area contributed by atoms with Crippen LogP contribution in [0.3, 0.4) is 0 Å². The topological polar surface area (TPSA) is 76.1 Å². The van der Waals surface area contributed by atoms with E-state index < -0.39 is 0 Å².